The Labute approximate surface area is 127 Å². The van der Waals surface area contributed by atoms with E-state index in [0.29, 0.717) is 5.69 Å². The summed E-state index contributed by atoms with van der Waals surface area (Å²) in [5.74, 6) is -1.03. The van der Waals surface area contributed by atoms with Crippen molar-refractivity contribution in [2.45, 2.75) is 17.6 Å². The molecule has 21 heavy (non-hydrogen) atoms. The number of aryl methyl sites for hydroxylation is 1. The van der Waals surface area contributed by atoms with E-state index in [9.17, 15) is 13.2 Å². The van der Waals surface area contributed by atoms with Gasteiger partial charge in [-0.2, -0.15) is 0 Å². The molecule has 0 aliphatic rings. The summed E-state index contributed by atoms with van der Waals surface area (Å²) in [5.41, 5.74) is 0.463. The number of nitrogens with zero attached hydrogens (tertiary/aromatic N) is 1. The number of rotatable bonds is 6. The lowest BCUT2D eigenvalue weighted by molar-refractivity contribution is -0.136. The number of anilines is 1. The molecule has 0 fully saturated rings. The average Bonchev–Trinajstić information content (AvgIpc) is 2.87. The average molecular weight is 325 g/mol. The number of thiophene rings is 1. The zero-order valence-corrected chi connectivity index (χ0v) is 13.0. The Bertz CT molecular complexity index is 722. The highest BCUT2D eigenvalue weighted by Crippen LogP contribution is 2.28. The summed E-state index contributed by atoms with van der Waals surface area (Å²) in [5, 5.41) is 8.83. The molecule has 2 aromatic rings. The summed E-state index contributed by atoms with van der Waals surface area (Å²) < 4.78 is 26.8. The SMILES string of the molecule is Cc1ccc(S(=O)(=O)N(CCC(=O)O)c2ccccc2)s1. The van der Waals surface area contributed by atoms with Gasteiger partial charge in [-0.15, -0.1) is 11.3 Å². The van der Waals surface area contributed by atoms with Crippen LogP contribution in [0.4, 0.5) is 5.69 Å². The molecule has 5 nitrogen and oxygen atoms in total. The summed E-state index contributed by atoms with van der Waals surface area (Å²) in [6.45, 7) is 1.73. The Hall–Kier alpha value is -1.86. The predicted molar refractivity (Wildman–Crippen MR) is 82.3 cm³/mol. The number of sulfonamides is 1. The molecule has 1 N–H and O–H groups in total. The molecular formula is C14H15NO4S2. The van der Waals surface area contributed by atoms with Gasteiger partial charge in [0.25, 0.3) is 10.0 Å². The molecule has 2 rings (SSSR count). The molecular weight excluding hydrogens is 310 g/mol. The standard InChI is InChI=1S/C14H15NO4S2/c1-11-7-8-14(20-11)21(18,19)15(10-9-13(16)17)12-5-3-2-4-6-12/h2-8H,9-10H2,1H3,(H,16,17). The number of carboxylic acid groups (broad SMARTS) is 1. The smallest absolute Gasteiger partial charge is 0.305 e. The molecule has 0 amide bonds. The molecule has 0 unspecified atom stereocenters. The maximum atomic E-state index is 12.7. The van der Waals surface area contributed by atoms with Gasteiger partial charge in [0, 0.05) is 11.4 Å². The zero-order valence-electron chi connectivity index (χ0n) is 11.4. The van der Waals surface area contributed by atoms with Crippen LogP contribution in [-0.2, 0) is 14.8 Å². The lowest BCUT2D eigenvalue weighted by atomic mass is 10.3. The quantitative estimate of drug-likeness (QED) is 0.886. The maximum absolute atomic E-state index is 12.7. The summed E-state index contributed by atoms with van der Waals surface area (Å²) >= 11 is 1.17. The van der Waals surface area contributed by atoms with Gasteiger partial charge in [0.2, 0.25) is 0 Å². The fourth-order valence-corrected chi connectivity index (χ4v) is 4.70. The van der Waals surface area contributed by atoms with E-state index in [1.807, 2.05) is 6.92 Å². The van der Waals surface area contributed by atoms with Crippen molar-refractivity contribution in [3.63, 3.8) is 0 Å². The second kappa shape index (κ2) is 6.28. The van der Waals surface area contributed by atoms with Crippen molar-refractivity contribution >= 4 is 33.0 Å². The molecule has 1 aromatic heterocycles. The fraction of sp³-hybridized carbons (Fsp3) is 0.214. The lowest BCUT2D eigenvalue weighted by Gasteiger charge is -2.23. The molecule has 0 saturated carbocycles. The number of hydrogen-bond acceptors (Lipinski definition) is 4. The molecule has 7 heteroatoms. The van der Waals surface area contributed by atoms with Crippen LogP contribution in [0.3, 0.4) is 0 Å². The van der Waals surface area contributed by atoms with Gasteiger partial charge in [-0.1, -0.05) is 18.2 Å². The van der Waals surface area contributed by atoms with Crippen LogP contribution in [0.5, 0.6) is 0 Å². The van der Waals surface area contributed by atoms with Gasteiger partial charge in [-0.05, 0) is 31.2 Å². The fourth-order valence-electron chi connectivity index (χ4n) is 1.84. The van der Waals surface area contributed by atoms with Crippen molar-refractivity contribution in [2.24, 2.45) is 0 Å². The van der Waals surface area contributed by atoms with E-state index in [1.54, 1.807) is 42.5 Å². The van der Waals surface area contributed by atoms with E-state index in [-0.39, 0.29) is 17.2 Å². The molecule has 0 aliphatic carbocycles. The minimum absolute atomic E-state index is 0.0986. The Morgan fingerprint density at radius 2 is 1.86 bits per heavy atom. The topological polar surface area (TPSA) is 74.7 Å². The monoisotopic (exact) mass is 325 g/mol. The highest BCUT2D eigenvalue weighted by atomic mass is 32.2. The van der Waals surface area contributed by atoms with Crippen molar-refractivity contribution in [3.05, 3.63) is 47.3 Å². The number of aliphatic carboxylic acids is 1. The first kappa shape index (κ1) is 15.5. The first-order valence-corrected chi connectivity index (χ1v) is 8.53. The summed E-state index contributed by atoms with van der Waals surface area (Å²) in [6, 6.07) is 11.8. The van der Waals surface area contributed by atoms with Crippen molar-refractivity contribution in [2.75, 3.05) is 10.8 Å². The van der Waals surface area contributed by atoms with Gasteiger partial charge < -0.3 is 5.11 Å². The van der Waals surface area contributed by atoms with E-state index in [2.05, 4.69) is 0 Å². The van der Waals surface area contributed by atoms with Gasteiger partial charge in [-0.25, -0.2) is 8.42 Å². The number of benzene rings is 1. The Balaban J connectivity index is 2.41. The molecule has 0 saturated heterocycles. The molecule has 1 aromatic carbocycles. The van der Waals surface area contributed by atoms with Crippen LogP contribution in [0.15, 0.2) is 46.7 Å². The summed E-state index contributed by atoms with van der Waals surface area (Å²) in [4.78, 5) is 11.7. The van der Waals surface area contributed by atoms with Crippen LogP contribution in [0.25, 0.3) is 0 Å². The van der Waals surface area contributed by atoms with Crippen LogP contribution in [0.2, 0.25) is 0 Å². The number of hydrogen-bond donors (Lipinski definition) is 1. The third-order valence-corrected chi connectivity index (χ3v) is 6.13. The normalized spacial score (nSPS) is 11.3. The van der Waals surface area contributed by atoms with Crippen molar-refractivity contribution in [1.82, 2.24) is 0 Å². The molecule has 0 bridgehead atoms. The second-order valence-corrected chi connectivity index (χ2v) is 7.80. The number of carbonyl (C=O) groups is 1. The second-order valence-electron chi connectivity index (χ2n) is 4.42. The van der Waals surface area contributed by atoms with Crippen LogP contribution in [0.1, 0.15) is 11.3 Å². The van der Waals surface area contributed by atoms with E-state index >= 15 is 0 Å². The van der Waals surface area contributed by atoms with Crippen LogP contribution >= 0.6 is 11.3 Å². The summed E-state index contributed by atoms with van der Waals surface area (Å²) in [6.07, 6.45) is -0.252. The van der Waals surface area contributed by atoms with Crippen LogP contribution in [-0.4, -0.2) is 26.0 Å². The van der Waals surface area contributed by atoms with Gasteiger partial charge >= 0.3 is 5.97 Å². The van der Waals surface area contributed by atoms with E-state index in [4.69, 9.17) is 5.11 Å². The summed E-state index contributed by atoms with van der Waals surface area (Å²) in [7, 11) is -3.74. The predicted octanol–water partition coefficient (Wildman–Crippen LogP) is 2.73. The van der Waals surface area contributed by atoms with Gasteiger partial charge in [-0.3, -0.25) is 9.10 Å². The Morgan fingerprint density at radius 3 is 2.38 bits per heavy atom. The minimum atomic E-state index is -3.74. The van der Waals surface area contributed by atoms with Crippen molar-refractivity contribution < 1.29 is 18.3 Å². The van der Waals surface area contributed by atoms with E-state index < -0.39 is 16.0 Å². The molecule has 0 radical (unpaired) electrons. The Kier molecular flexibility index (Phi) is 4.64. The van der Waals surface area contributed by atoms with Crippen molar-refractivity contribution in [1.29, 1.82) is 0 Å². The first-order valence-electron chi connectivity index (χ1n) is 6.27. The largest absolute Gasteiger partial charge is 0.481 e. The zero-order chi connectivity index (χ0) is 15.5. The third kappa shape index (κ3) is 3.62. The first-order chi connectivity index (χ1) is 9.91. The number of carboxylic acids is 1. The van der Waals surface area contributed by atoms with Crippen molar-refractivity contribution in [3.8, 4) is 0 Å². The van der Waals surface area contributed by atoms with E-state index in [0.717, 1.165) is 9.18 Å². The highest BCUT2D eigenvalue weighted by Gasteiger charge is 2.26. The molecule has 112 valence electrons. The van der Waals surface area contributed by atoms with Crippen LogP contribution < -0.4 is 4.31 Å². The highest BCUT2D eigenvalue weighted by molar-refractivity contribution is 7.94. The molecule has 0 aliphatic heterocycles. The maximum Gasteiger partial charge on any atom is 0.305 e. The minimum Gasteiger partial charge on any atom is -0.481 e. The van der Waals surface area contributed by atoms with Crippen LogP contribution in [0, 0.1) is 6.92 Å². The Morgan fingerprint density at radius 1 is 1.19 bits per heavy atom. The molecule has 0 spiro atoms. The third-order valence-electron chi connectivity index (χ3n) is 2.83. The molecule has 0 atom stereocenters. The van der Waals surface area contributed by atoms with Gasteiger partial charge in [0.15, 0.2) is 0 Å². The lowest BCUT2D eigenvalue weighted by Crippen LogP contribution is -2.32. The van der Waals surface area contributed by atoms with Gasteiger partial charge in [0.1, 0.15) is 4.21 Å². The van der Waals surface area contributed by atoms with Gasteiger partial charge in [0.05, 0.1) is 12.1 Å². The molecule has 1 heterocycles. The van der Waals surface area contributed by atoms with E-state index in [1.165, 1.54) is 11.3 Å². The number of para-hydroxylation sites is 1.